The molecule has 0 unspecified atom stereocenters. The molecule has 6 nitrogen and oxygen atoms in total. The van der Waals surface area contributed by atoms with E-state index in [4.69, 9.17) is 4.74 Å². The van der Waals surface area contributed by atoms with E-state index in [0.29, 0.717) is 5.75 Å². The van der Waals surface area contributed by atoms with Crippen molar-refractivity contribution in [2.75, 3.05) is 13.1 Å². The number of ether oxygens (including phenoxy) is 1. The van der Waals surface area contributed by atoms with Crippen LogP contribution in [0.15, 0.2) is 59.5 Å². The lowest BCUT2D eigenvalue weighted by Crippen LogP contribution is -2.41. The molecule has 8 heteroatoms. The number of thioether (sulfide) groups is 1. The summed E-state index contributed by atoms with van der Waals surface area (Å²) >= 11 is 0.747. The fraction of sp³-hybridized carbons (Fsp3) is 0.190. The van der Waals surface area contributed by atoms with Crippen LogP contribution in [-0.4, -0.2) is 41.1 Å². The number of para-hydroxylation sites is 1. The van der Waals surface area contributed by atoms with E-state index in [-0.39, 0.29) is 29.5 Å². The summed E-state index contributed by atoms with van der Waals surface area (Å²) in [5, 5.41) is 2.19. The van der Waals surface area contributed by atoms with Crippen LogP contribution in [0.2, 0.25) is 0 Å². The zero-order valence-corrected chi connectivity index (χ0v) is 16.4. The molecule has 3 rings (SSSR count). The lowest BCUT2D eigenvalue weighted by Gasteiger charge is -2.16. The average molecular weight is 414 g/mol. The number of benzene rings is 2. The second-order valence-electron chi connectivity index (χ2n) is 6.22. The Kier molecular flexibility index (Phi) is 6.66. The lowest BCUT2D eigenvalue weighted by molar-refractivity contribution is -0.128. The van der Waals surface area contributed by atoms with Crippen LogP contribution in [0.5, 0.6) is 5.75 Å². The number of rotatable bonds is 7. The molecule has 1 aliphatic heterocycles. The fourth-order valence-electron chi connectivity index (χ4n) is 2.62. The molecule has 29 heavy (non-hydrogen) atoms. The van der Waals surface area contributed by atoms with Gasteiger partial charge in [-0.1, -0.05) is 36.4 Å². The van der Waals surface area contributed by atoms with Gasteiger partial charge in [0.2, 0.25) is 0 Å². The molecule has 1 saturated heterocycles. The van der Waals surface area contributed by atoms with Gasteiger partial charge in [-0.3, -0.25) is 19.3 Å². The lowest BCUT2D eigenvalue weighted by atomic mass is 10.2. The van der Waals surface area contributed by atoms with Crippen LogP contribution >= 0.6 is 11.8 Å². The van der Waals surface area contributed by atoms with E-state index in [1.54, 1.807) is 43.3 Å². The summed E-state index contributed by atoms with van der Waals surface area (Å²) in [5.41, 5.74) is 0.234. The zero-order valence-electron chi connectivity index (χ0n) is 15.6. The summed E-state index contributed by atoms with van der Waals surface area (Å²) < 4.78 is 19.3. The summed E-state index contributed by atoms with van der Waals surface area (Å²) in [4.78, 5) is 37.9. The molecule has 0 bridgehead atoms. The van der Waals surface area contributed by atoms with Crippen molar-refractivity contribution < 1.29 is 23.5 Å². The molecule has 1 atom stereocenters. The Labute approximate surface area is 171 Å². The highest BCUT2D eigenvalue weighted by molar-refractivity contribution is 8.18. The standard InChI is InChI=1S/C21H19FN2O4S/c1-14(28-16-8-3-2-4-9-16)19(25)23-11-12-24-20(26)18(29-21(24)27)13-15-7-5-6-10-17(15)22/h2-10,13-14H,11-12H2,1H3,(H,23,25)/b18-13-/t14-/m0/s1. The molecule has 3 amide bonds. The molecule has 1 N–H and O–H groups in total. The topological polar surface area (TPSA) is 75.7 Å². The summed E-state index contributed by atoms with van der Waals surface area (Å²) in [6.45, 7) is 1.72. The number of nitrogens with zero attached hydrogens (tertiary/aromatic N) is 1. The molecule has 150 valence electrons. The van der Waals surface area contributed by atoms with E-state index in [2.05, 4.69) is 5.32 Å². The van der Waals surface area contributed by atoms with Gasteiger partial charge in [0.1, 0.15) is 11.6 Å². The Morgan fingerprint density at radius 2 is 1.86 bits per heavy atom. The highest BCUT2D eigenvalue weighted by Gasteiger charge is 2.34. The summed E-state index contributed by atoms with van der Waals surface area (Å²) in [7, 11) is 0. The molecule has 0 radical (unpaired) electrons. The minimum absolute atomic E-state index is 0.0169. The van der Waals surface area contributed by atoms with Crippen molar-refractivity contribution in [3.05, 3.63) is 70.9 Å². The van der Waals surface area contributed by atoms with Gasteiger partial charge in [0.25, 0.3) is 17.1 Å². The minimum atomic E-state index is -0.728. The first-order valence-electron chi connectivity index (χ1n) is 8.95. The highest BCUT2D eigenvalue weighted by Crippen LogP contribution is 2.32. The normalized spacial score (nSPS) is 16.2. The van der Waals surface area contributed by atoms with Crippen LogP contribution < -0.4 is 10.1 Å². The monoisotopic (exact) mass is 414 g/mol. The largest absolute Gasteiger partial charge is 0.481 e. The maximum Gasteiger partial charge on any atom is 0.293 e. The first-order chi connectivity index (χ1) is 14.0. The molecule has 0 aliphatic carbocycles. The summed E-state index contributed by atoms with van der Waals surface area (Å²) in [6, 6.07) is 14.9. The molecule has 1 heterocycles. The maximum atomic E-state index is 13.8. The van der Waals surface area contributed by atoms with Crippen molar-refractivity contribution >= 4 is 34.9 Å². The molecule has 0 spiro atoms. The van der Waals surface area contributed by atoms with Gasteiger partial charge in [-0.2, -0.15) is 0 Å². The van der Waals surface area contributed by atoms with Crippen molar-refractivity contribution in [2.24, 2.45) is 0 Å². The molecule has 0 aromatic heterocycles. The summed E-state index contributed by atoms with van der Waals surface area (Å²) in [5.74, 6) is -0.771. The molecule has 1 fully saturated rings. The number of hydrogen-bond donors (Lipinski definition) is 1. The van der Waals surface area contributed by atoms with Crippen LogP contribution in [-0.2, 0) is 9.59 Å². The second kappa shape index (κ2) is 9.38. The smallest absolute Gasteiger partial charge is 0.293 e. The van der Waals surface area contributed by atoms with Gasteiger partial charge in [-0.15, -0.1) is 0 Å². The van der Waals surface area contributed by atoms with Gasteiger partial charge in [0, 0.05) is 18.7 Å². The Morgan fingerprint density at radius 1 is 1.17 bits per heavy atom. The third-order valence-corrected chi connectivity index (χ3v) is 5.03. The first kappa shape index (κ1) is 20.6. The minimum Gasteiger partial charge on any atom is -0.481 e. The highest BCUT2D eigenvalue weighted by atomic mass is 32.2. The van der Waals surface area contributed by atoms with Crippen molar-refractivity contribution in [1.82, 2.24) is 10.2 Å². The van der Waals surface area contributed by atoms with E-state index in [9.17, 15) is 18.8 Å². The third kappa shape index (κ3) is 5.23. The quantitative estimate of drug-likeness (QED) is 0.703. The van der Waals surface area contributed by atoms with E-state index in [1.807, 2.05) is 6.07 Å². The van der Waals surface area contributed by atoms with E-state index < -0.39 is 23.1 Å². The van der Waals surface area contributed by atoms with Gasteiger partial charge in [0.15, 0.2) is 6.10 Å². The molecule has 2 aromatic carbocycles. The van der Waals surface area contributed by atoms with E-state index in [1.165, 1.54) is 18.2 Å². The SMILES string of the molecule is C[C@H](Oc1ccccc1)C(=O)NCCN1C(=O)S/C(=C\c2ccccc2F)C1=O. The van der Waals surface area contributed by atoms with E-state index >= 15 is 0 Å². The number of imide groups is 1. The van der Waals surface area contributed by atoms with Crippen LogP contribution in [0.4, 0.5) is 9.18 Å². The van der Waals surface area contributed by atoms with Crippen LogP contribution in [0.3, 0.4) is 0 Å². The number of hydrogen-bond acceptors (Lipinski definition) is 5. The predicted molar refractivity (Wildman–Crippen MR) is 109 cm³/mol. The van der Waals surface area contributed by atoms with Crippen LogP contribution in [0.1, 0.15) is 12.5 Å². The fourth-order valence-corrected chi connectivity index (χ4v) is 3.47. The average Bonchev–Trinajstić information content (AvgIpc) is 2.97. The molecule has 1 aliphatic rings. The Hall–Kier alpha value is -3.13. The number of amides is 3. The van der Waals surface area contributed by atoms with Crippen molar-refractivity contribution in [1.29, 1.82) is 0 Å². The number of carbonyl (C=O) groups is 3. The Morgan fingerprint density at radius 3 is 2.59 bits per heavy atom. The van der Waals surface area contributed by atoms with Gasteiger partial charge >= 0.3 is 0 Å². The zero-order chi connectivity index (χ0) is 20.8. The molecule has 0 saturated carbocycles. The third-order valence-electron chi connectivity index (χ3n) is 4.13. The Bertz CT molecular complexity index is 949. The molecular formula is C21H19FN2O4S. The number of carbonyl (C=O) groups excluding carboxylic acids is 3. The Balaban J connectivity index is 1.53. The van der Waals surface area contributed by atoms with Crippen molar-refractivity contribution in [2.45, 2.75) is 13.0 Å². The maximum absolute atomic E-state index is 13.8. The van der Waals surface area contributed by atoms with Crippen LogP contribution in [0, 0.1) is 5.82 Å². The van der Waals surface area contributed by atoms with E-state index in [0.717, 1.165) is 16.7 Å². The van der Waals surface area contributed by atoms with Gasteiger partial charge in [-0.05, 0) is 43.0 Å². The van der Waals surface area contributed by atoms with Crippen molar-refractivity contribution in [3.63, 3.8) is 0 Å². The van der Waals surface area contributed by atoms with Gasteiger partial charge in [0.05, 0.1) is 4.91 Å². The second-order valence-corrected chi connectivity index (χ2v) is 7.21. The molecular weight excluding hydrogens is 395 g/mol. The van der Waals surface area contributed by atoms with Crippen molar-refractivity contribution in [3.8, 4) is 5.75 Å². The molecule has 2 aromatic rings. The van der Waals surface area contributed by atoms with Gasteiger partial charge in [-0.25, -0.2) is 4.39 Å². The number of halogens is 1. The number of nitrogens with one attached hydrogen (secondary N) is 1. The summed E-state index contributed by atoms with van der Waals surface area (Å²) in [6.07, 6.45) is 0.627. The van der Waals surface area contributed by atoms with Gasteiger partial charge < -0.3 is 10.1 Å². The predicted octanol–water partition coefficient (Wildman–Crippen LogP) is 3.45. The van der Waals surface area contributed by atoms with Crippen LogP contribution in [0.25, 0.3) is 6.08 Å². The first-order valence-corrected chi connectivity index (χ1v) is 9.76.